The minimum Gasteiger partial charge on any atom is -0.271 e. The Bertz CT molecular complexity index is 401. The van der Waals surface area contributed by atoms with Crippen LogP contribution in [0.4, 0.5) is 4.39 Å². The molecule has 92 valence electrons. The van der Waals surface area contributed by atoms with Gasteiger partial charge in [-0.2, -0.15) is 0 Å². The minimum absolute atomic E-state index is 0.186. The molecule has 0 aromatic heterocycles. The van der Waals surface area contributed by atoms with Crippen molar-refractivity contribution < 1.29 is 4.39 Å². The van der Waals surface area contributed by atoms with Gasteiger partial charge in [0, 0.05) is 5.56 Å². The Morgan fingerprint density at radius 1 is 1.18 bits per heavy atom. The summed E-state index contributed by atoms with van der Waals surface area (Å²) in [5, 5.41) is 0. The topological polar surface area (TPSA) is 38.0 Å². The Hall–Kier alpha value is -1.19. The van der Waals surface area contributed by atoms with Crippen LogP contribution in [0.2, 0.25) is 0 Å². The van der Waals surface area contributed by atoms with Crippen molar-refractivity contribution in [2.24, 2.45) is 5.84 Å². The van der Waals surface area contributed by atoms with E-state index in [2.05, 4.69) is 11.5 Å². The first kappa shape index (κ1) is 12.3. The van der Waals surface area contributed by atoms with Gasteiger partial charge in [0.1, 0.15) is 5.82 Å². The number of halogens is 1. The van der Waals surface area contributed by atoms with Crippen LogP contribution in [0.15, 0.2) is 35.9 Å². The third-order valence-corrected chi connectivity index (χ3v) is 3.33. The third kappa shape index (κ3) is 2.93. The number of hydrazine groups is 1. The molecule has 0 spiro atoms. The van der Waals surface area contributed by atoms with Gasteiger partial charge in [-0.25, -0.2) is 9.82 Å². The van der Waals surface area contributed by atoms with Crippen molar-refractivity contribution in [1.29, 1.82) is 0 Å². The fraction of sp³-hybridized carbons (Fsp3) is 0.429. The van der Waals surface area contributed by atoms with Gasteiger partial charge in [-0.05, 0) is 31.7 Å². The van der Waals surface area contributed by atoms with Crippen LogP contribution in [0.25, 0.3) is 0 Å². The molecule has 1 unspecified atom stereocenters. The summed E-state index contributed by atoms with van der Waals surface area (Å²) in [5.41, 5.74) is 4.61. The van der Waals surface area contributed by atoms with E-state index in [1.165, 1.54) is 30.9 Å². The van der Waals surface area contributed by atoms with E-state index in [-0.39, 0.29) is 11.9 Å². The lowest BCUT2D eigenvalue weighted by atomic mass is 9.95. The molecule has 1 aromatic rings. The zero-order chi connectivity index (χ0) is 12.1. The van der Waals surface area contributed by atoms with Gasteiger partial charge in [-0.3, -0.25) is 5.84 Å². The quantitative estimate of drug-likeness (QED) is 0.479. The van der Waals surface area contributed by atoms with Gasteiger partial charge in [0.15, 0.2) is 0 Å². The van der Waals surface area contributed by atoms with Gasteiger partial charge >= 0.3 is 0 Å². The van der Waals surface area contributed by atoms with E-state index in [1.54, 1.807) is 12.1 Å². The summed E-state index contributed by atoms with van der Waals surface area (Å²) in [6, 6.07) is 6.64. The van der Waals surface area contributed by atoms with Crippen LogP contribution in [0, 0.1) is 5.82 Å². The fourth-order valence-electron chi connectivity index (χ4n) is 2.41. The zero-order valence-electron chi connectivity index (χ0n) is 9.95. The molecule has 1 atom stereocenters. The first-order chi connectivity index (χ1) is 8.33. The summed E-state index contributed by atoms with van der Waals surface area (Å²) in [5.74, 6) is 5.40. The standard InChI is InChI=1S/C14H19FN2/c15-13-10-6-5-9-12(13)14(17-16)11-7-3-1-2-4-8-11/h5-7,9-10,14,17H,1-4,8,16H2. The first-order valence-electron chi connectivity index (χ1n) is 6.22. The van der Waals surface area contributed by atoms with Gasteiger partial charge in [-0.15, -0.1) is 0 Å². The van der Waals surface area contributed by atoms with Crippen molar-refractivity contribution in [3.05, 3.63) is 47.3 Å². The molecule has 0 saturated carbocycles. The second-order valence-electron chi connectivity index (χ2n) is 4.50. The highest BCUT2D eigenvalue weighted by atomic mass is 19.1. The maximum Gasteiger partial charge on any atom is 0.128 e. The summed E-state index contributed by atoms with van der Waals surface area (Å²) in [7, 11) is 0. The van der Waals surface area contributed by atoms with Crippen LogP contribution in [0.1, 0.15) is 43.7 Å². The van der Waals surface area contributed by atoms with Crippen molar-refractivity contribution in [3.8, 4) is 0 Å². The number of nitrogens with one attached hydrogen (secondary N) is 1. The van der Waals surface area contributed by atoms with Crippen LogP contribution in [-0.4, -0.2) is 0 Å². The number of rotatable bonds is 3. The average molecular weight is 234 g/mol. The molecule has 1 aliphatic rings. The number of allylic oxidation sites excluding steroid dienone is 1. The predicted molar refractivity (Wildman–Crippen MR) is 67.6 cm³/mol. The Labute approximate surface area is 102 Å². The van der Waals surface area contributed by atoms with Crippen LogP contribution >= 0.6 is 0 Å². The first-order valence-corrected chi connectivity index (χ1v) is 6.22. The molecule has 17 heavy (non-hydrogen) atoms. The van der Waals surface area contributed by atoms with Crippen LogP contribution in [-0.2, 0) is 0 Å². The normalized spacial score (nSPS) is 18.4. The van der Waals surface area contributed by atoms with Gasteiger partial charge < -0.3 is 0 Å². The van der Waals surface area contributed by atoms with Gasteiger partial charge in [-0.1, -0.05) is 36.3 Å². The molecule has 3 N–H and O–H groups in total. The van der Waals surface area contributed by atoms with E-state index in [9.17, 15) is 4.39 Å². The molecule has 1 aliphatic carbocycles. The summed E-state index contributed by atoms with van der Waals surface area (Å²) in [4.78, 5) is 0. The molecule has 0 heterocycles. The highest BCUT2D eigenvalue weighted by Gasteiger charge is 2.18. The van der Waals surface area contributed by atoms with Crippen molar-refractivity contribution in [2.45, 2.75) is 38.1 Å². The van der Waals surface area contributed by atoms with Gasteiger partial charge in [0.25, 0.3) is 0 Å². The van der Waals surface area contributed by atoms with Gasteiger partial charge in [0.2, 0.25) is 0 Å². The minimum atomic E-state index is -0.194. The van der Waals surface area contributed by atoms with Crippen molar-refractivity contribution in [2.75, 3.05) is 0 Å². The second-order valence-corrected chi connectivity index (χ2v) is 4.50. The zero-order valence-corrected chi connectivity index (χ0v) is 9.95. The molecule has 2 nitrogen and oxygen atoms in total. The van der Waals surface area contributed by atoms with Crippen molar-refractivity contribution >= 4 is 0 Å². The Balaban J connectivity index is 2.26. The van der Waals surface area contributed by atoms with Gasteiger partial charge in [0.05, 0.1) is 6.04 Å². The number of benzene rings is 1. The van der Waals surface area contributed by atoms with Crippen molar-refractivity contribution in [1.82, 2.24) is 5.43 Å². The van der Waals surface area contributed by atoms with E-state index in [0.29, 0.717) is 5.56 Å². The predicted octanol–water partition coefficient (Wildman–Crippen LogP) is 3.22. The SMILES string of the molecule is NNC(C1=CCCCCC1)c1ccccc1F. The summed E-state index contributed by atoms with van der Waals surface area (Å²) in [6.45, 7) is 0. The molecule has 0 fully saturated rings. The Kier molecular flexibility index (Phi) is 4.29. The lowest BCUT2D eigenvalue weighted by Crippen LogP contribution is -2.30. The number of hydrogen-bond acceptors (Lipinski definition) is 2. The summed E-state index contributed by atoms with van der Waals surface area (Å²) < 4.78 is 13.8. The molecule has 1 aromatic carbocycles. The fourth-order valence-corrected chi connectivity index (χ4v) is 2.41. The third-order valence-electron chi connectivity index (χ3n) is 3.33. The highest BCUT2D eigenvalue weighted by Crippen LogP contribution is 2.29. The number of nitrogens with two attached hydrogens (primary N) is 1. The van der Waals surface area contributed by atoms with Crippen LogP contribution < -0.4 is 11.3 Å². The number of hydrogen-bond donors (Lipinski definition) is 2. The molecule has 3 heteroatoms. The van der Waals surface area contributed by atoms with E-state index in [4.69, 9.17) is 5.84 Å². The largest absolute Gasteiger partial charge is 0.271 e. The highest BCUT2D eigenvalue weighted by molar-refractivity contribution is 5.29. The second kappa shape index (κ2) is 5.94. The van der Waals surface area contributed by atoms with E-state index < -0.39 is 0 Å². The summed E-state index contributed by atoms with van der Waals surface area (Å²) >= 11 is 0. The molecule has 0 bridgehead atoms. The van der Waals surface area contributed by atoms with Crippen LogP contribution in [0.3, 0.4) is 0 Å². The lowest BCUT2D eigenvalue weighted by molar-refractivity contribution is 0.541. The monoisotopic (exact) mass is 234 g/mol. The Morgan fingerprint density at radius 2 is 2.00 bits per heavy atom. The molecular weight excluding hydrogens is 215 g/mol. The molecule has 2 rings (SSSR count). The average Bonchev–Trinajstić information content (AvgIpc) is 2.62. The molecular formula is C14H19FN2. The molecule has 0 aliphatic heterocycles. The lowest BCUT2D eigenvalue weighted by Gasteiger charge is -2.20. The van der Waals surface area contributed by atoms with Crippen LogP contribution in [0.5, 0.6) is 0 Å². The molecule has 0 amide bonds. The molecule has 0 saturated heterocycles. The van der Waals surface area contributed by atoms with E-state index >= 15 is 0 Å². The molecule has 0 radical (unpaired) electrons. The van der Waals surface area contributed by atoms with Crippen molar-refractivity contribution in [3.63, 3.8) is 0 Å². The van der Waals surface area contributed by atoms with E-state index in [0.717, 1.165) is 12.8 Å². The van der Waals surface area contributed by atoms with E-state index in [1.807, 2.05) is 6.07 Å². The maximum absolute atomic E-state index is 13.8. The summed E-state index contributed by atoms with van der Waals surface area (Å²) in [6.07, 6.45) is 7.92. The smallest absolute Gasteiger partial charge is 0.128 e. The Morgan fingerprint density at radius 3 is 2.76 bits per heavy atom. The maximum atomic E-state index is 13.8.